The van der Waals surface area contributed by atoms with Crippen LogP contribution in [0.1, 0.15) is 24.6 Å². The van der Waals surface area contributed by atoms with E-state index in [9.17, 15) is 4.55 Å². The van der Waals surface area contributed by atoms with Crippen LogP contribution in [0.5, 0.6) is 5.75 Å². The molecule has 0 amide bonds. The highest BCUT2D eigenvalue weighted by Gasteiger charge is 2.30. The van der Waals surface area contributed by atoms with Crippen LogP contribution < -0.4 is 4.74 Å². The van der Waals surface area contributed by atoms with Crippen LogP contribution in [0.2, 0.25) is 0 Å². The summed E-state index contributed by atoms with van der Waals surface area (Å²) in [6.07, 6.45) is 2.31. The first-order valence-electron chi connectivity index (χ1n) is 9.22. The second-order valence-electron chi connectivity index (χ2n) is 6.86. The molecule has 3 aromatic rings. The Bertz CT molecular complexity index is 923. The Morgan fingerprint density at radius 2 is 2.04 bits per heavy atom. The zero-order chi connectivity index (χ0) is 19.6. The van der Waals surface area contributed by atoms with Gasteiger partial charge in [-0.2, -0.15) is 4.98 Å². The Morgan fingerprint density at radius 3 is 2.82 bits per heavy atom. The number of pyridine rings is 1. The predicted molar refractivity (Wildman–Crippen MR) is 106 cm³/mol. The topological polar surface area (TPSA) is 92.3 Å². The molecule has 1 aromatic carbocycles. The summed E-state index contributed by atoms with van der Waals surface area (Å²) in [4.78, 5) is 11.9. The van der Waals surface area contributed by atoms with E-state index in [-0.39, 0.29) is 5.75 Å². The standard InChI is InChI=1S/C20H23N3O4S/c1-14-17(13-28(24)19-22-15-5-3-4-6-16(15)23-19)21-9-7-18(14)25-10-8-20(2)26-11-12-27-20/h3-7,9H,8,10-13H2,1-2H3,(H,22,23). The van der Waals surface area contributed by atoms with Gasteiger partial charge >= 0.3 is 5.16 Å². The minimum atomic E-state index is -1.32. The highest BCUT2D eigenvalue weighted by atomic mass is 32.2. The number of nitrogens with zero attached hydrogens (tertiary/aromatic N) is 2. The van der Waals surface area contributed by atoms with Crippen molar-refractivity contribution in [3.8, 4) is 5.75 Å². The number of aromatic amines is 1. The first-order valence-corrected chi connectivity index (χ1v) is 10.5. The van der Waals surface area contributed by atoms with Gasteiger partial charge in [0.05, 0.1) is 36.5 Å². The number of fused-ring (bicyclic) bond motifs is 1. The summed E-state index contributed by atoms with van der Waals surface area (Å²) in [6.45, 7) is 5.54. The molecule has 0 aliphatic carbocycles. The fourth-order valence-corrected chi connectivity index (χ4v) is 4.24. The molecule has 1 aliphatic rings. The van der Waals surface area contributed by atoms with Crippen molar-refractivity contribution in [2.45, 2.75) is 37.0 Å². The van der Waals surface area contributed by atoms with E-state index in [0.717, 1.165) is 28.0 Å². The maximum absolute atomic E-state index is 12.8. The first-order chi connectivity index (χ1) is 13.5. The first kappa shape index (κ1) is 19.2. The van der Waals surface area contributed by atoms with Crippen molar-refractivity contribution < 1.29 is 18.8 Å². The molecule has 3 heterocycles. The number of imidazole rings is 1. The van der Waals surface area contributed by atoms with Gasteiger partial charge < -0.3 is 18.8 Å². The molecule has 2 aromatic heterocycles. The highest BCUT2D eigenvalue weighted by molar-refractivity contribution is 7.90. The number of rotatable bonds is 7. The number of aromatic nitrogens is 3. The highest BCUT2D eigenvalue weighted by Crippen LogP contribution is 2.26. The SMILES string of the molecule is Cc1c(OCCC2(C)OCCO2)ccnc1C[S+]([O-])c1nc2ccccc2[nH]1. The van der Waals surface area contributed by atoms with Crippen molar-refractivity contribution in [1.29, 1.82) is 0 Å². The normalized spacial score (nSPS) is 17.1. The quantitative estimate of drug-likeness (QED) is 0.612. The maximum atomic E-state index is 12.8. The molecule has 1 atom stereocenters. The van der Waals surface area contributed by atoms with Gasteiger partial charge in [0, 0.05) is 29.4 Å². The van der Waals surface area contributed by atoms with Crippen LogP contribution in [0.3, 0.4) is 0 Å². The summed E-state index contributed by atoms with van der Waals surface area (Å²) in [5.41, 5.74) is 3.29. The van der Waals surface area contributed by atoms with E-state index in [2.05, 4.69) is 15.0 Å². The third kappa shape index (κ3) is 4.15. The van der Waals surface area contributed by atoms with Gasteiger partial charge in [-0.3, -0.25) is 9.97 Å². The van der Waals surface area contributed by atoms with Gasteiger partial charge in [-0.05, 0) is 32.0 Å². The van der Waals surface area contributed by atoms with E-state index in [1.165, 1.54) is 0 Å². The molecular formula is C20H23N3O4S. The molecule has 1 fully saturated rings. The number of nitrogens with one attached hydrogen (secondary N) is 1. The van der Waals surface area contributed by atoms with Crippen LogP contribution in [-0.2, 0) is 26.4 Å². The second kappa shape index (κ2) is 8.08. The number of hydrogen-bond donors (Lipinski definition) is 1. The molecule has 28 heavy (non-hydrogen) atoms. The molecule has 0 saturated carbocycles. The number of hydrogen-bond acceptors (Lipinski definition) is 6. The lowest BCUT2D eigenvalue weighted by molar-refractivity contribution is -0.150. The number of H-pyrrole nitrogens is 1. The van der Waals surface area contributed by atoms with Crippen LogP contribution in [0.15, 0.2) is 41.7 Å². The smallest absolute Gasteiger partial charge is 0.322 e. The summed E-state index contributed by atoms with van der Waals surface area (Å²) in [5, 5.41) is 0.456. The zero-order valence-corrected chi connectivity index (χ0v) is 16.8. The summed E-state index contributed by atoms with van der Waals surface area (Å²) < 4.78 is 29.9. The van der Waals surface area contributed by atoms with E-state index in [4.69, 9.17) is 14.2 Å². The lowest BCUT2D eigenvalue weighted by Gasteiger charge is -2.22. The van der Waals surface area contributed by atoms with Gasteiger partial charge in [0.25, 0.3) is 0 Å². The third-order valence-corrected chi connectivity index (χ3v) is 5.98. The van der Waals surface area contributed by atoms with Crippen molar-refractivity contribution in [3.05, 3.63) is 47.8 Å². The van der Waals surface area contributed by atoms with Crippen LogP contribution in [0.4, 0.5) is 0 Å². The number of ether oxygens (including phenoxy) is 3. The van der Waals surface area contributed by atoms with Crippen molar-refractivity contribution in [2.24, 2.45) is 0 Å². The molecule has 7 nitrogen and oxygen atoms in total. The van der Waals surface area contributed by atoms with Gasteiger partial charge in [0.15, 0.2) is 11.5 Å². The van der Waals surface area contributed by atoms with Gasteiger partial charge in [0.1, 0.15) is 5.75 Å². The second-order valence-corrected chi connectivity index (χ2v) is 8.23. The van der Waals surface area contributed by atoms with E-state index >= 15 is 0 Å². The van der Waals surface area contributed by atoms with Gasteiger partial charge in [0.2, 0.25) is 0 Å². The fraction of sp³-hybridized carbons (Fsp3) is 0.400. The van der Waals surface area contributed by atoms with Crippen molar-refractivity contribution >= 4 is 22.2 Å². The monoisotopic (exact) mass is 401 g/mol. The Labute approximate surface area is 166 Å². The molecule has 1 saturated heterocycles. The van der Waals surface area contributed by atoms with Crippen molar-refractivity contribution in [1.82, 2.24) is 15.0 Å². The minimum absolute atomic E-state index is 0.271. The van der Waals surface area contributed by atoms with E-state index in [0.29, 0.717) is 31.4 Å². The van der Waals surface area contributed by atoms with Crippen LogP contribution in [-0.4, -0.2) is 45.1 Å². The number of benzene rings is 1. The lowest BCUT2D eigenvalue weighted by atomic mass is 10.2. The molecule has 1 unspecified atom stereocenters. The van der Waals surface area contributed by atoms with E-state index in [1.807, 2.05) is 44.2 Å². The molecule has 0 bridgehead atoms. The van der Waals surface area contributed by atoms with Gasteiger partial charge in [-0.1, -0.05) is 12.1 Å². The molecule has 4 rings (SSSR count). The average molecular weight is 401 g/mol. The van der Waals surface area contributed by atoms with Gasteiger partial charge in [-0.25, -0.2) is 0 Å². The summed E-state index contributed by atoms with van der Waals surface area (Å²) in [7, 11) is 0. The third-order valence-electron chi connectivity index (χ3n) is 4.82. The van der Waals surface area contributed by atoms with Crippen molar-refractivity contribution in [3.63, 3.8) is 0 Å². The van der Waals surface area contributed by atoms with Crippen LogP contribution in [0, 0.1) is 6.92 Å². The number of para-hydroxylation sites is 2. The maximum Gasteiger partial charge on any atom is 0.322 e. The van der Waals surface area contributed by atoms with Gasteiger partial charge in [-0.15, -0.1) is 0 Å². The molecule has 1 N–H and O–H groups in total. The van der Waals surface area contributed by atoms with Crippen molar-refractivity contribution in [2.75, 3.05) is 19.8 Å². The van der Waals surface area contributed by atoms with E-state index in [1.54, 1.807) is 6.20 Å². The Hall–Kier alpha value is -2.13. The average Bonchev–Trinajstić information content (AvgIpc) is 3.31. The Kier molecular flexibility index (Phi) is 5.54. The molecule has 8 heteroatoms. The molecule has 1 aliphatic heterocycles. The Balaban J connectivity index is 1.42. The lowest BCUT2D eigenvalue weighted by Crippen LogP contribution is -2.28. The molecular weight excluding hydrogens is 378 g/mol. The summed E-state index contributed by atoms with van der Waals surface area (Å²) >= 11 is -1.32. The van der Waals surface area contributed by atoms with Crippen LogP contribution in [0.25, 0.3) is 11.0 Å². The summed E-state index contributed by atoms with van der Waals surface area (Å²) in [5.74, 6) is 0.424. The Morgan fingerprint density at radius 1 is 1.25 bits per heavy atom. The van der Waals surface area contributed by atoms with E-state index < -0.39 is 17.0 Å². The van der Waals surface area contributed by atoms with Crippen LogP contribution >= 0.6 is 0 Å². The fourth-order valence-electron chi connectivity index (χ4n) is 3.14. The zero-order valence-electron chi connectivity index (χ0n) is 15.9. The molecule has 148 valence electrons. The largest absolute Gasteiger partial charge is 0.609 e. The molecule has 0 spiro atoms. The minimum Gasteiger partial charge on any atom is -0.609 e. The predicted octanol–water partition coefficient (Wildman–Crippen LogP) is 3.11. The summed E-state index contributed by atoms with van der Waals surface area (Å²) in [6, 6.07) is 9.45. The molecule has 0 radical (unpaired) electrons.